The Kier molecular flexibility index (Phi) is 4.47. The van der Waals surface area contributed by atoms with E-state index in [1.54, 1.807) is 6.33 Å². The van der Waals surface area contributed by atoms with Crippen LogP contribution in [0, 0.1) is 24.2 Å². The van der Waals surface area contributed by atoms with Crippen molar-refractivity contribution in [1.29, 1.82) is 0 Å². The summed E-state index contributed by atoms with van der Waals surface area (Å²) in [4.78, 5) is 17.8. The molecule has 7 nitrogen and oxygen atoms in total. The van der Waals surface area contributed by atoms with Crippen LogP contribution in [-0.2, 0) is 16.9 Å². The van der Waals surface area contributed by atoms with E-state index >= 15 is 0 Å². The lowest BCUT2D eigenvalue weighted by molar-refractivity contribution is -0.150. The molecule has 4 saturated carbocycles. The zero-order chi connectivity index (χ0) is 21.9. The van der Waals surface area contributed by atoms with Crippen molar-refractivity contribution in [1.82, 2.24) is 24.5 Å². The molecule has 4 aliphatic rings. The third-order valence-corrected chi connectivity index (χ3v) is 7.98. The number of amides is 1. The molecule has 1 amide bonds. The van der Waals surface area contributed by atoms with Gasteiger partial charge < -0.3 is 5.32 Å². The Morgan fingerprint density at radius 2 is 1.88 bits per heavy atom. The number of rotatable bonds is 5. The molecule has 1 N–H and O–H groups in total. The first kappa shape index (κ1) is 20.0. The van der Waals surface area contributed by atoms with Crippen LogP contribution in [0.4, 0.5) is 5.82 Å². The number of benzene rings is 1. The second-order valence-corrected chi connectivity index (χ2v) is 10.6. The number of carbonyl (C=O) groups is 1. The highest BCUT2D eigenvalue weighted by Gasteiger charge is 2.61. The third-order valence-electron chi connectivity index (χ3n) is 7.81. The summed E-state index contributed by atoms with van der Waals surface area (Å²) < 4.78 is 3.82. The minimum atomic E-state index is -0.372. The van der Waals surface area contributed by atoms with E-state index in [9.17, 15) is 4.79 Å². The van der Waals surface area contributed by atoms with Gasteiger partial charge in [0.15, 0.2) is 5.82 Å². The van der Waals surface area contributed by atoms with Gasteiger partial charge in [-0.05, 0) is 74.4 Å². The van der Waals surface area contributed by atoms with Gasteiger partial charge in [0, 0.05) is 12.3 Å². The largest absolute Gasteiger partial charge is 0.309 e. The molecule has 2 atom stereocenters. The van der Waals surface area contributed by atoms with Crippen molar-refractivity contribution in [2.24, 2.45) is 17.3 Å². The monoisotopic (exact) mass is 450 g/mol. The van der Waals surface area contributed by atoms with E-state index in [0.29, 0.717) is 24.2 Å². The van der Waals surface area contributed by atoms with Crippen molar-refractivity contribution < 1.29 is 4.79 Å². The maximum Gasteiger partial charge on any atom is 0.242 e. The molecule has 0 saturated heterocycles. The van der Waals surface area contributed by atoms with Crippen molar-refractivity contribution in [2.75, 3.05) is 5.32 Å². The maximum absolute atomic E-state index is 13.6. The summed E-state index contributed by atoms with van der Waals surface area (Å²) in [7, 11) is 0. The molecule has 4 aliphatic carbocycles. The fourth-order valence-electron chi connectivity index (χ4n) is 6.87. The van der Waals surface area contributed by atoms with E-state index < -0.39 is 0 Å². The average molecular weight is 451 g/mol. The maximum atomic E-state index is 13.6. The summed E-state index contributed by atoms with van der Waals surface area (Å²) in [6, 6.07) is 10.3. The van der Waals surface area contributed by atoms with Crippen molar-refractivity contribution in [3.05, 3.63) is 59.3 Å². The number of anilines is 1. The smallest absolute Gasteiger partial charge is 0.242 e. The van der Waals surface area contributed by atoms with Gasteiger partial charge in [-0.15, -0.1) is 5.10 Å². The van der Waals surface area contributed by atoms with Gasteiger partial charge >= 0.3 is 0 Å². The first-order chi connectivity index (χ1) is 15.4. The average Bonchev–Trinajstić information content (AvgIpc) is 3.38. The standard InChI is InChI=1S/C24H27ClN6O/c1-16-2-4-17(5-3-16)13-30-7-6-20(28-30)27-21(32)23-9-18-8-19(10-23)12-24(11-18,14-23)31-15-26-22(25)29-31/h2-7,15,18-19H,8-14H2,1H3,(H,27,28,32). The lowest BCUT2D eigenvalue weighted by atomic mass is 9.46. The topological polar surface area (TPSA) is 77.6 Å². The molecule has 2 aromatic heterocycles. The van der Waals surface area contributed by atoms with Crippen LogP contribution in [0.25, 0.3) is 0 Å². The van der Waals surface area contributed by atoms with E-state index in [4.69, 9.17) is 11.6 Å². The predicted octanol–water partition coefficient (Wildman–Crippen LogP) is 4.42. The second-order valence-electron chi connectivity index (χ2n) is 10.3. The molecule has 0 aliphatic heterocycles. The molecule has 2 heterocycles. The highest BCUT2D eigenvalue weighted by molar-refractivity contribution is 6.28. The molecule has 166 valence electrons. The fraction of sp³-hybridized carbons (Fsp3) is 0.500. The molecule has 4 fully saturated rings. The van der Waals surface area contributed by atoms with Crippen LogP contribution in [0.15, 0.2) is 42.9 Å². The highest BCUT2D eigenvalue weighted by atomic mass is 35.5. The van der Waals surface area contributed by atoms with Crippen LogP contribution in [0.1, 0.15) is 49.7 Å². The molecule has 1 aromatic carbocycles. The van der Waals surface area contributed by atoms with Gasteiger partial charge in [-0.1, -0.05) is 29.8 Å². The van der Waals surface area contributed by atoms with Gasteiger partial charge in [0.25, 0.3) is 0 Å². The number of halogens is 1. The lowest BCUT2D eigenvalue weighted by Crippen LogP contribution is -2.60. The molecule has 0 spiro atoms. The Morgan fingerprint density at radius 1 is 1.12 bits per heavy atom. The van der Waals surface area contributed by atoms with E-state index in [0.717, 1.165) is 32.1 Å². The van der Waals surface area contributed by atoms with Crippen LogP contribution in [-0.4, -0.2) is 30.5 Å². The van der Waals surface area contributed by atoms with Crippen molar-refractivity contribution in [2.45, 2.75) is 57.5 Å². The van der Waals surface area contributed by atoms with Crippen molar-refractivity contribution >= 4 is 23.3 Å². The Hall–Kier alpha value is -2.67. The summed E-state index contributed by atoms with van der Waals surface area (Å²) >= 11 is 6.04. The van der Waals surface area contributed by atoms with E-state index in [2.05, 4.69) is 51.7 Å². The van der Waals surface area contributed by atoms with Gasteiger partial charge in [-0.2, -0.15) is 5.10 Å². The zero-order valence-corrected chi connectivity index (χ0v) is 18.9. The minimum absolute atomic E-state index is 0.0998. The molecule has 32 heavy (non-hydrogen) atoms. The first-order valence-corrected chi connectivity index (χ1v) is 11.8. The van der Waals surface area contributed by atoms with Crippen LogP contribution >= 0.6 is 11.6 Å². The lowest BCUT2D eigenvalue weighted by Gasteiger charge is -2.60. The number of hydrogen-bond acceptors (Lipinski definition) is 4. The number of aromatic nitrogens is 5. The molecule has 2 unspecified atom stereocenters. The van der Waals surface area contributed by atoms with Gasteiger partial charge in [0.05, 0.1) is 17.5 Å². The highest BCUT2D eigenvalue weighted by Crippen LogP contribution is 2.64. The molecular formula is C24H27ClN6O. The summed E-state index contributed by atoms with van der Waals surface area (Å²) in [5.41, 5.74) is 1.91. The van der Waals surface area contributed by atoms with Gasteiger partial charge in [0.1, 0.15) is 6.33 Å². The number of aryl methyl sites for hydroxylation is 1. The normalized spacial score (nSPS) is 30.6. The first-order valence-electron chi connectivity index (χ1n) is 11.4. The van der Waals surface area contributed by atoms with E-state index in [-0.39, 0.29) is 22.1 Å². The Labute approximate surface area is 192 Å². The van der Waals surface area contributed by atoms with Gasteiger partial charge in [-0.25, -0.2) is 9.67 Å². The van der Waals surface area contributed by atoms with E-state index in [1.807, 2.05) is 21.6 Å². The van der Waals surface area contributed by atoms with Crippen LogP contribution in [0.5, 0.6) is 0 Å². The third kappa shape index (κ3) is 3.34. The number of nitrogens with zero attached hydrogens (tertiary/aromatic N) is 5. The quantitative estimate of drug-likeness (QED) is 0.624. The molecule has 7 rings (SSSR count). The predicted molar refractivity (Wildman–Crippen MR) is 121 cm³/mol. The zero-order valence-electron chi connectivity index (χ0n) is 18.2. The number of nitrogens with one attached hydrogen (secondary N) is 1. The summed E-state index contributed by atoms with van der Waals surface area (Å²) in [5.74, 6) is 1.81. The molecule has 8 heteroatoms. The van der Waals surface area contributed by atoms with Crippen molar-refractivity contribution in [3.8, 4) is 0 Å². The Balaban J connectivity index is 1.21. The molecule has 0 radical (unpaired) electrons. The summed E-state index contributed by atoms with van der Waals surface area (Å²) in [5, 5.41) is 12.5. The fourth-order valence-corrected chi connectivity index (χ4v) is 6.99. The summed E-state index contributed by atoms with van der Waals surface area (Å²) in [6.07, 6.45) is 9.69. The minimum Gasteiger partial charge on any atom is -0.309 e. The van der Waals surface area contributed by atoms with Gasteiger partial charge in [-0.3, -0.25) is 9.48 Å². The second kappa shape index (κ2) is 7.17. The van der Waals surface area contributed by atoms with Crippen LogP contribution in [0.2, 0.25) is 5.28 Å². The number of carbonyl (C=O) groups excluding carboxylic acids is 1. The van der Waals surface area contributed by atoms with Gasteiger partial charge in [0.2, 0.25) is 11.2 Å². The van der Waals surface area contributed by atoms with E-state index in [1.165, 1.54) is 17.5 Å². The Bertz CT molecular complexity index is 1150. The van der Waals surface area contributed by atoms with Crippen LogP contribution < -0.4 is 5.32 Å². The summed E-state index contributed by atoms with van der Waals surface area (Å²) in [6.45, 7) is 2.76. The molecule has 4 bridgehead atoms. The molecular weight excluding hydrogens is 424 g/mol. The SMILES string of the molecule is Cc1ccc(Cn2ccc(NC(=O)C34CC5CC(C3)CC(n3cnc(Cl)n3)(C5)C4)n2)cc1. The Morgan fingerprint density at radius 3 is 2.56 bits per heavy atom. The number of hydrogen-bond donors (Lipinski definition) is 1. The van der Waals surface area contributed by atoms with Crippen molar-refractivity contribution in [3.63, 3.8) is 0 Å². The molecule has 3 aromatic rings. The van der Waals surface area contributed by atoms with Crippen LogP contribution in [0.3, 0.4) is 0 Å².